The van der Waals surface area contributed by atoms with Crippen molar-refractivity contribution >= 4 is 0 Å². The Morgan fingerprint density at radius 3 is 2.06 bits per heavy atom. The van der Waals surface area contributed by atoms with Crippen LogP contribution in [0.25, 0.3) is 0 Å². The maximum absolute atomic E-state index is 3.97. The van der Waals surface area contributed by atoms with Crippen LogP contribution in [0.3, 0.4) is 0 Å². The van der Waals surface area contributed by atoms with Gasteiger partial charge in [0.25, 0.3) is 0 Å². The van der Waals surface area contributed by atoms with Crippen LogP contribution in [0.4, 0.5) is 0 Å². The van der Waals surface area contributed by atoms with Crippen LogP contribution < -0.4 is 0 Å². The second-order valence-electron chi connectivity index (χ2n) is 4.75. The van der Waals surface area contributed by atoms with Crippen molar-refractivity contribution in [2.45, 2.75) is 53.5 Å². The van der Waals surface area contributed by atoms with Gasteiger partial charge in [0, 0.05) is 38.8 Å². The zero-order chi connectivity index (χ0) is 13.3. The van der Waals surface area contributed by atoms with Gasteiger partial charge < -0.3 is 16.7 Å². The molecule has 1 fully saturated rings. The first-order valence-corrected chi connectivity index (χ1v) is 7.26. The predicted molar refractivity (Wildman–Crippen MR) is 78.0 cm³/mol. The third-order valence-corrected chi connectivity index (χ3v) is 3.45. The molecular weight excluding hydrogens is 297 g/mol. The Hall–Kier alpha value is 1.02. The van der Waals surface area contributed by atoms with Crippen LogP contribution in [0.5, 0.6) is 0 Å². The van der Waals surface area contributed by atoms with E-state index in [4.69, 9.17) is 0 Å². The molecule has 0 spiro atoms. The molecule has 0 N–H and O–H groups in total. The van der Waals surface area contributed by atoms with Crippen molar-refractivity contribution in [2.75, 3.05) is 32.7 Å². The van der Waals surface area contributed by atoms with Gasteiger partial charge in [-0.25, -0.2) is 0 Å². The van der Waals surface area contributed by atoms with Crippen LogP contribution in [-0.4, -0.2) is 48.6 Å². The summed E-state index contributed by atoms with van der Waals surface area (Å²) >= 11 is 0. The van der Waals surface area contributed by atoms with Gasteiger partial charge in [-0.1, -0.05) is 20.8 Å². The van der Waals surface area contributed by atoms with E-state index in [1.807, 2.05) is 13.8 Å². The Kier molecular flexibility index (Phi) is 15.4. The molecular formula is C15H32N2Y-2. The van der Waals surface area contributed by atoms with Crippen molar-refractivity contribution in [3.05, 3.63) is 12.8 Å². The Morgan fingerprint density at radius 2 is 1.72 bits per heavy atom. The van der Waals surface area contributed by atoms with Gasteiger partial charge in [0.05, 0.1) is 0 Å². The molecule has 0 unspecified atom stereocenters. The molecule has 1 aliphatic rings. The summed E-state index contributed by atoms with van der Waals surface area (Å²) in [5.74, 6) is 1.72. The van der Waals surface area contributed by atoms with Crippen LogP contribution >= 0.6 is 0 Å². The van der Waals surface area contributed by atoms with Crippen molar-refractivity contribution in [3.8, 4) is 0 Å². The van der Waals surface area contributed by atoms with Gasteiger partial charge in [-0.05, 0) is 33.5 Å². The molecule has 0 atom stereocenters. The number of rotatable bonds is 5. The minimum Gasteiger partial charge on any atom is -0.362 e. The Morgan fingerprint density at radius 1 is 1.22 bits per heavy atom. The average Bonchev–Trinajstić information content (AvgIpc) is 2.38. The standard InChI is InChI=1S/C13H26N2.C2H6.Y/c1-5-14(6-2)11-13-7-9-15(10-8-13)12(3)4;1-2;/h12H,1,5-11H2,2-4H3;1-2H3;/q-2;;. The van der Waals surface area contributed by atoms with Crippen LogP contribution in [0.15, 0.2) is 0 Å². The second kappa shape index (κ2) is 13.0. The van der Waals surface area contributed by atoms with Crippen molar-refractivity contribution < 1.29 is 32.7 Å². The van der Waals surface area contributed by atoms with Crippen molar-refractivity contribution in [3.63, 3.8) is 0 Å². The van der Waals surface area contributed by atoms with Crippen LogP contribution in [0.1, 0.15) is 47.5 Å². The van der Waals surface area contributed by atoms with Gasteiger partial charge in [0.1, 0.15) is 0 Å². The van der Waals surface area contributed by atoms with Gasteiger partial charge >= 0.3 is 0 Å². The molecule has 1 rings (SSSR count). The molecule has 18 heavy (non-hydrogen) atoms. The number of hydrogen-bond donors (Lipinski definition) is 0. The summed E-state index contributed by atoms with van der Waals surface area (Å²) < 4.78 is 0. The van der Waals surface area contributed by atoms with Crippen molar-refractivity contribution in [1.82, 2.24) is 9.80 Å². The zero-order valence-electron chi connectivity index (χ0n) is 13.2. The van der Waals surface area contributed by atoms with Crippen LogP contribution in [-0.2, 0) is 32.7 Å². The van der Waals surface area contributed by atoms with E-state index in [0.29, 0.717) is 6.04 Å². The molecule has 0 aromatic carbocycles. The number of nitrogens with zero attached hydrogens (tertiary/aromatic N) is 2. The fourth-order valence-electron chi connectivity index (χ4n) is 2.18. The molecule has 0 bridgehead atoms. The van der Waals surface area contributed by atoms with Gasteiger partial charge in [0.2, 0.25) is 0 Å². The van der Waals surface area contributed by atoms with E-state index in [2.05, 4.69) is 37.5 Å². The molecule has 1 heterocycles. The number of hydrogen-bond acceptors (Lipinski definition) is 2. The van der Waals surface area contributed by atoms with E-state index >= 15 is 0 Å². The smallest absolute Gasteiger partial charge is 0.00364 e. The maximum Gasteiger partial charge on any atom is 0.00364 e. The first-order chi connectivity index (χ1) is 8.17. The fraction of sp³-hybridized carbons (Fsp3) is 0.867. The molecule has 107 valence electrons. The Bertz CT molecular complexity index is 162. The zero-order valence-corrected chi connectivity index (χ0v) is 16.0. The molecule has 0 amide bonds. The largest absolute Gasteiger partial charge is 0.362 e. The molecule has 1 radical (unpaired) electrons. The topological polar surface area (TPSA) is 6.48 Å². The summed E-state index contributed by atoms with van der Waals surface area (Å²) in [5, 5.41) is 0. The van der Waals surface area contributed by atoms with Crippen molar-refractivity contribution in [1.29, 1.82) is 0 Å². The molecule has 1 saturated heterocycles. The van der Waals surface area contributed by atoms with E-state index in [1.165, 1.54) is 32.5 Å². The minimum absolute atomic E-state index is 0. The Labute approximate surface area is 141 Å². The van der Waals surface area contributed by atoms with Crippen LogP contribution in [0.2, 0.25) is 0 Å². The van der Waals surface area contributed by atoms with Crippen molar-refractivity contribution in [2.24, 2.45) is 0 Å². The molecule has 0 saturated carbocycles. The van der Waals surface area contributed by atoms with E-state index < -0.39 is 0 Å². The summed E-state index contributed by atoms with van der Waals surface area (Å²) in [4.78, 5) is 4.99. The third-order valence-electron chi connectivity index (χ3n) is 3.45. The summed E-state index contributed by atoms with van der Waals surface area (Å²) in [6.07, 6.45) is 2.57. The first-order valence-electron chi connectivity index (χ1n) is 7.26. The fourth-order valence-corrected chi connectivity index (χ4v) is 2.18. The number of likely N-dealkylation sites (tertiary alicyclic amines) is 1. The van der Waals surface area contributed by atoms with Gasteiger partial charge in [-0.2, -0.15) is 12.8 Å². The van der Waals surface area contributed by atoms with E-state index in [0.717, 1.165) is 13.1 Å². The van der Waals surface area contributed by atoms with Gasteiger partial charge in [0.15, 0.2) is 0 Å². The summed E-state index contributed by atoms with van der Waals surface area (Å²) in [7, 11) is 0. The summed E-state index contributed by atoms with van der Waals surface area (Å²) in [6.45, 7) is 20.5. The van der Waals surface area contributed by atoms with Crippen LogP contribution in [0, 0.1) is 12.8 Å². The summed E-state index contributed by atoms with van der Waals surface area (Å²) in [5.41, 5.74) is 0. The third kappa shape index (κ3) is 8.25. The molecule has 0 aromatic heterocycles. The number of piperidine rings is 1. The van der Waals surface area contributed by atoms with E-state index in [1.54, 1.807) is 5.92 Å². The molecule has 2 nitrogen and oxygen atoms in total. The second-order valence-corrected chi connectivity index (χ2v) is 4.75. The van der Waals surface area contributed by atoms with E-state index in [-0.39, 0.29) is 32.7 Å². The van der Waals surface area contributed by atoms with Gasteiger partial charge in [-0.15, -0.1) is 13.1 Å². The maximum atomic E-state index is 3.97. The molecule has 3 heteroatoms. The molecule has 0 aliphatic carbocycles. The monoisotopic (exact) mass is 329 g/mol. The minimum atomic E-state index is 0. The Balaban J connectivity index is 0. The normalized spacial score (nSPS) is 17.3. The van der Waals surface area contributed by atoms with Gasteiger partial charge in [-0.3, -0.25) is 5.92 Å². The molecule has 0 aromatic rings. The average molecular weight is 329 g/mol. The van der Waals surface area contributed by atoms with E-state index in [9.17, 15) is 0 Å². The predicted octanol–water partition coefficient (Wildman–Crippen LogP) is 3.24. The first kappa shape index (κ1) is 21.3. The SMILES string of the molecule is CC.[CH2-]CN(CC)C[C-]1CCN(C(C)C)CC1.[Y]. The molecule has 1 aliphatic heterocycles. The quantitative estimate of drug-likeness (QED) is 0.715. The summed E-state index contributed by atoms with van der Waals surface area (Å²) in [6, 6.07) is 0.710.